The van der Waals surface area contributed by atoms with Gasteiger partial charge in [0.1, 0.15) is 17.4 Å². The number of amides is 1. The van der Waals surface area contributed by atoms with Gasteiger partial charge in [0.2, 0.25) is 0 Å². The monoisotopic (exact) mass is 306 g/mol. The summed E-state index contributed by atoms with van der Waals surface area (Å²) in [5.74, 6) is 0.137. The number of nitrogens with one attached hydrogen (secondary N) is 1. The zero-order chi connectivity index (χ0) is 17.1. The summed E-state index contributed by atoms with van der Waals surface area (Å²) in [6.07, 6.45) is 0. The van der Waals surface area contributed by atoms with Gasteiger partial charge in [-0.1, -0.05) is 20.8 Å². The first-order chi connectivity index (χ1) is 10.1. The molecule has 1 amide bonds. The number of carbonyl (C=O) groups is 1. The summed E-state index contributed by atoms with van der Waals surface area (Å²) in [6.45, 7) is 12.5. The van der Waals surface area contributed by atoms with Crippen LogP contribution in [0, 0.1) is 16.7 Å². The summed E-state index contributed by atoms with van der Waals surface area (Å²) in [5, 5.41) is 12.3. The number of methoxy groups -OCH3 is 1. The van der Waals surface area contributed by atoms with Crippen molar-refractivity contribution in [1.82, 2.24) is 5.32 Å². The van der Waals surface area contributed by atoms with Crippen LogP contribution >= 0.6 is 0 Å². The lowest BCUT2D eigenvalue weighted by molar-refractivity contribution is -0.117. The molecule has 0 aromatic carbocycles. The van der Waals surface area contributed by atoms with Crippen molar-refractivity contribution in [3.8, 4) is 6.07 Å². The molecule has 0 saturated carbocycles. The molecule has 0 aromatic rings. The molecule has 0 unspecified atom stereocenters. The Labute approximate surface area is 133 Å². The average Bonchev–Trinajstić information content (AvgIpc) is 2.68. The van der Waals surface area contributed by atoms with Crippen LogP contribution in [0.25, 0.3) is 0 Å². The molecule has 0 spiro atoms. The van der Waals surface area contributed by atoms with Gasteiger partial charge in [-0.2, -0.15) is 5.26 Å². The van der Waals surface area contributed by atoms with Gasteiger partial charge in [-0.15, -0.1) is 0 Å². The van der Waals surface area contributed by atoms with Crippen molar-refractivity contribution in [1.29, 1.82) is 5.26 Å². The van der Waals surface area contributed by atoms with Gasteiger partial charge in [0.25, 0.3) is 5.91 Å². The van der Waals surface area contributed by atoms with E-state index in [0.29, 0.717) is 30.1 Å². The summed E-state index contributed by atoms with van der Waals surface area (Å²) in [4.78, 5) is 12.2. The molecule has 1 aliphatic rings. The number of ether oxygens (including phenoxy) is 2. The topological polar surface area (TPSA) is 71.3 Å². The third-order valence-corrected chi connectivity index (χ3v) is 3.57. The Hall–Kier alpha value is -1.80. The van der Waals surface area contributed by atoms with Crippen molar-refractivity contribution < 1.29 is 14.3 Å². The summed E-state index contributed by atoms with van der Waals surface area (Å²) >= 11 is 0. The highest BCUT2D eigenvalue weighted by Gasteiger charge is 2.44. The quantitative estimate of drug-likeness (QED) is 0.640. The fourth-order valence-corrected chi connectivity index (χ4v) is 2.92. The molecule has 1 N–H and O–H groups in total. The van der Waals surface area contributed by atoms with Crippen LogP contribution in [-0.4, -0.2) is 31.8 Å². The zero-order valence-corrected chi connectivity index (χ0v) is 14.6. The second kappa shape index (κ2) is 6.53. The Morgan fingerprint density at radius 3 is 2.45 bits per heavy atom. The van der Waals surface area contributed by atoms with Crippen molar-refractivity contribution in [2.45, 2.75) is 47.1 Å². The predicted molar refractivity (Wildman–Crippen MR) is 84.8 cm³/mol. The highest BCUT2D eigenvalue weighted by Crippen LogP contribution is 2.47. The summed E-state index contributed by atoms with van der Waals surface area (Å²) in [7, 11) is 1.58. The highest BCUT2D eigenvalue weighted by molar-refractivity contribution is 5.94. The molecule has 0 fully saturated rings. The second-order valence-corrected chi connectivity index (χ2v) is 6.93. The van der Waals surface area contributed by atoms with E-state index in [4.69, 9.17) is 9.47 Å². The lowest BCUT2D eigenvalue weighted by atomic mass is 9.76. The van der Waals surface area contributed by atoms with E-state index < -0.39 is 5.60 Å². The van der Waals surface area contributed by atoms with E-state index in [0.717, 1.165) is 5.57 Å². The molecule has 1 aliphatic heterocycles. The number of hydrogen-bond donors (Lipinski definition) is 1. The van der Waals surface area contributed by atoms with E-state index in [1.54, 1.807) is 14.0 Å². The molecular formula is C17H26N2O3. The molecule has 22 heavy (non-hydrogen) atoms. The minimum atomic E-state index is -0.604. The third-order valence-electron chi connectivity index (χ3n) is 3.57. The van der Waals surface area contributed by atoms with Crippen LogP contribution in [0.5, 0.6) is 0 Å². The number of rotatable bonds is 4. The molecule has 0 bridgehead atoms. The van der Waals surface area contributed by atoms with Crippen molar-refractivity contribution in [2.24, 2.45) is 5.41 Å². The van der Waals surface area contributed by atoms with Crippen LogP contribution in [0.3, 0.4) is 0 Å². The van der Waals surface area contributed by atoms with E-state index in [1.165, 1.54) is 0 Å². The van der Waals surface area contributed by atoms with Crippen molar-refractivity contribution in [3.63, 3.8) is 0 Å². The van der Waals surface area contributed by atoms with Crippen LogP contribution in [0.15, 0.2) is 22.5 Å². The molecule has 0 atom stereocenters. The highest BCUT2D eigenvalue weighted by atomic mass is 16.5. The number of nitrogens with zero attached hydrogens (tertiary/aromatic N) is 1. The summed E-state index contributed by atoms with van der Waals surface area (Å²) in [5.41, 5.74) is 0.981. The Kier molecular flexibility index (Phi) is 5.42. The maximum absolute atomic E-state index is 12.2. The lowest BCUT2D eigenvalue weighted by Gasteiger charge is -2.31. The Bertz CT molecular complexity index is 557. The average molecular weight is 306 g/mol. The van der Waals surface area contributed by atoms with Crippen molar-refractivity contribution in [3.05, 3.63) is 22.5 Å². The van der Waals surface area contributed by atoms with Gasteiger partial charge in [0.15, 0.2) is 0 Å². The Balaban J connectivity index is 3.26. The third kappa shape index (κ3) is 3.69. The molecule has 5 nitrogen and oxygen atoms in total. The van der Waals surface area contributed by atoms with E-state index >= 15 is 0 Å². The molecule has 1 heterocycles. The van der Waals surface area contributed by atoms with Gasteiger partial charge in [0.05, 0.1) is 17.8 Å². The fraction of sp³-hybridized carbons (Fsp3) is 0.647. The largest absolute Gasteiger partial charge is 0.482 e. The van der Waals surface area contributed by atoms with Crippen LogP contribution < -0.4 is 5.32 Å². The van der Waals surface area contributed by atoms with Gasteiger partial charge >= 0.3 is 0 Å². The molecule has 122 valence electrons. The molecular weight excluding hydrogens is 280 g/mol. The van der Waals surface area contributed by atoms with Crippen LogP contribution in [-0.2, 0) is 14.3 Å². The molecule has 0 aromatic heterocycles. The van der Waals surface area contributed by atoms with Crippen molar-refractivity contribution in [2.75, 3.05) is 20.3 Å². The summed E-state index contributed by atoms with van der Waals surface area (Å²) in [6, 6.07) is 2.22. The molecule has 0 saturated heterocycles. The van der Waals surface area contributed by atoms with Gasteiger partial charge in [0, 0.05) is 13.7 Å². The zero-order valence-electron chi connectivity index (χ0n) is 14.6. The Morgan fingerprint density at radius 2 is 2.00 bits per heavy atom. The van der Waals surface area contributed by atoms with Gasteiger partial charge in [-0.05, 0) is 31.8 Å². The minimum Gasteiger partial charge on any atom is -0.482 e. The normalized spacial score (nSPS) is 19.5. The Morgan fingerprint density at radius 1 is 1.41 bits per heavy atom. The number of carbonyl (C=O) groups excluding carboxylic acids is 1. The first kappa shape index (κ1) is 18.2. The standard InChI is InChI=1S/C17H26N2O3/c1-11(15(20)19-8-9-21-7)13-12(10-18)14(16(2,3)4)17(5,6)22-13/h8-9H2,1-7H3,(H,19,20)/b13-11-. The second-order valence-electron chi connectivity index (χ2n) is 6.93. The van der Waals surface area contributed by atoms with Crippen molar-refractivity contribution >= 4 is 5.91 Å². The predicted octanol–water partition coefficient (Wildman–Crippen LogP) is 2.70. The number of nitriles is 1. The smallest absolute Gasteiger partial charge is 0.250 e. The molecule has 5 heteroatoms. The number of allylic oxidation sites excluding steroid dienone is 1. The maximum atomic E-state index is 12.2. The molecule has 1 rings (SSSR count). The van der Waals surface area contributed by atoms with E-state index in [2.05, 4.69) is 11.4 Å². The van der Waals surface area contributed by atoms with E-state index in [1.807, 2.05) is 34.6 Å². The maximum Gasteiger partial charge on any atom is 0.250 e. The van der Waals surface area contributed by atoms with E-state index in [-0.39, 0.29) is 11.3 Å². The minimum absolute atomic E-state index is 0.219. The van der Waals surface area contributed by atoms with Crippen LogP contribution in [0.1, 0.15) is 41.5 Å². The first-order valence-corrected chi connectivity index (χ1v) is 7.39. The fourth-order valence-electron chi connectivity index (χ4n) is 2.92. The first-order valence-electron chi connectivity index (χ1n) is 7.39. The van der Waals surface area contributed by atoms with Crippen LogP contribution in [0.2, 0.25) is 0 Å². The molecule has 0 aliphatic carbocycles. The van der Waals surface area contributed by atoms with Gasteiger partial charge in [-0.3, -0.25) is 4.79 Å². The van der Waals surface area contributed by atoms with Gasteiger partial charge in [-0.25, -0.2) is 0 Å². The lowest BCUT2D eigenvalue weighted by Crippen LogP contribution is -2.30. The van der Waals surface area contributed by atoms with Gasteiger partial charge < -0.3 is 14.8 Å². The number of hydrogen-bond acceptors (Lipinski definition) is 4. The molecule has 0 radical (unpaired) electrons. The summed E-state index contributed by atoms with van der Waals surface area (Å²) < 4.78 is 10.9. The SMILES string of the molecule is COCCNC(=O)/C(C)=C1\OC(C)(C)C(C(C)(C)C)=C1C#N. The van der Waals surface area contributed by atoms with E-state index in [9.17, 15) is 10.1 Å². The van der Waals surface area contributed by atoms with Crippen LogP contribution in [0.4, 0.5) is 0 Å².